The Morgan fingerprint density at radius 2 is 2.18 bits per heavy atom. The van der Waals surface area contributed by atoms with Crippen molar-refractivity contribution in [3.63, 3.8) is 0 Å². The second kappa shape index (κ2) is 6.20. The number of hydrogen-bond donors (Lipinski definition) is 1. The van der Waals surface area contributed by atoms with Gasteiger partial charge in [-0.2, -0.15) is 0 Å². The van der Waals surface area contributed by atoms with Gasteiger partial charge in [-0.15, -0.1) is 0 Å². The van der Waals surface area contributed by atoms with Gasteiger partial charge in [0.1, 0.15) is 5.82 Å². The molecule has 1 aromatic rings. The molecule has 3 nitrogen and oxygen atoms in total. The zero-order chi connectivity index (χ0) is 12.1. The van der Waals surface area contributed by atoms with Crippen molar-refractivity contribution in [2.24, 2.45) is 5.92 Å². The van der Waals surface area contributed by atoms with E-state index in [1.807, 2.05) is 6.20 Å². The lowest BCUT2D eigenvalue weighted by molar-refractivity contribution is 0.278. The minimum atomic E-state index is 0.623. The highest BCUT2D eigenvalue weighted by Crippen LogP contribution is 2.26. The van der Waals surface area contributed by atoms with Crippen LogP contribution < -0.4 is 5.32 Å². The summed E-state index contributed by atoms with van der Waals surface area (Å²) in [7, 11) is 0. The smallest absolute Gasteiger partial charge is 0.122 e. The Labute approximate surface area is 105 Å². The first-order chi connectivity index (χ1) is 8.31. The van der Waals surface area contributed by atoms with Crippen LogP contribution in [-0.4, -0.2) is 15.6 Å². The molecular formula is C14H25N3. The van der Waals surface area contributed by atoms with Crippen molar-refractivity contribution in [2.75, 3.05) is 0 Å². The molecule has 17 heavy (non-hydrogen) atoms. The summed E-state index contributed by atoms with van der Waals surface area (Å²) in [4.78, 5) is 4.40. The highest BCUT2D eigenvalue weighted by molar-refractivity contribution is 4.92. The number of rotatable bonds is 5. The van der Waals surface area contributed by atoms with Crippen molar-refractivity contribution >= 4 is 0 Å². The molecule has 1 heterocycles. The van der Waals surface area contributed by atoms with Crippen LogP contribution in [0.3, 0.4) is 0 Å². The highest BCUT2D eigenvalue weighted by Gasteiger charge is 2.19. The predicted molar refractivity (Wildman–Crippen MR) is 70.8 cm³/mol. The van der Waals surface area contributed by atoms with E-state index in [-0.39, 0.29) is 0 Å². The van der Waals surface area contributed by atoms with Crippen molar-refractivity contribution in [2.45, 2.75) is 65.1 Å². The summed E-state index contributed by atoms with van der Waals surface area (Å²) in [5, 5.41) is 3.65. The Morgan fingerprint density at radius 3 is 2.88 bits per heavy atom. The molecule has 1 atom stereocenters. The van der Waals surface area contributed by atoms with Crippen molar-refractivity contribution in [3.8, 4) is 0 Å². The predicted octanol–water partition coefficient (Wildman–Crippen LogP) is 2.96. The summed E-state index contributed by atoms with van der Waals surface area (Å²) < 4.78 is 2.21. The SMILES string of the molecule is CCn1ccnc1CNC(C)C1CCCCC1. The van der Waals surface area contributed by atoms with E-state index < -0.39 is 0 Å². The third kappa shape index (κ3) is 3.32. The van der Waals surface area contributed by atoms with Crippen LogP contribution in [0.4, 0.5) is 0 Å². The molecule has 1 aliphatic carbocycles. The van der Waals surface area contributed by atoms with Crippen LogP contribution in [0, 0.1) is 5.92 Å². The fourth-order valence-electron chi connectivity index (χ4n) is 2.85. The Balaban J connectivity index is 1.80. The van der Waals surface area contributed by atoms with Crippen molar-refractivity contribution in [3.05, 3.63) is 18.2 Å². The van der Waals surface area contributed by atoms with Crippen LogP contribution in [-0.2, 0) is 13.1 Å². The lowest BCUT2D eigenvalue weighted by Gasteiger charge is -2.28. The minimum absolute atomic E-state index is 0.623. The number of aromatic nitrogens is 2. The van der Waals surface area contributed by atoms with Gasteiger partial charge in [0.25, 0.3) is 0 Å². The van der Waals surface area contributed by atoms with Gasteiger partial charge < -0.3 is 9.88 Å². The first-order valence-corrected chi connectivity index (χ1v) is 7.04. The quantitative estimate of drug-likeness (QED) is 0.850. The lowest BCUT2D eigenvalue weighted by atomic mass is 9.84. The maximum atomic E-state index is 4.40. The second-order valence-electron chi connectivity index (χ2n) is 5.20. The fourth-order valence-corrected chi connectivity index (χ4v) is 2.85. The monoisotopic (exact) mass is 235 g/mol. The molecule has 0 saturated heterocycles. The summed E-state index contributed by atoms with van der Waals surface area (Å²) in [5.74, 6) is 2.03. The van der Waals surface area contributed by atoms with E-state index in [0.29, 0.717) is 6.04 Å². The average Bonchev–Trinajstić information content (AvgIpc) is 2.84. The summed E-state index contributed by atoms with van der Waals surface area (Å²) in [5.41, 5.74) is 0. The number of nitrogens with one attached hydrogen (secondary N) is 1. The van der Waals surface area contributed by atoms with Gasteiger partial charge in [-0.05, 0) is 32.6 Å². The van der Waals surface area contributed by atoms with Crippen LogP contribution in [0.1, 0.15) is 51.8 Å². The molecule has 0 radical (unpaired) electrons. The van der Waals surface area contributed by atoms with Crippen LogP contribution in [0.25, 0.3) is 0 Å². The van der Waals surface area contributed by atoms with E-state index in [0.717, 1.165) is 24.8 Å². The zero-order valence-corrected chi connectivity index (χ0v) is 11.2. The van der Waals surface area contributed by atoms with Gasteiger partial charge in [0.15, 0.2) is 0 Å². The van der Waals surface area contributed by atoms with Crippen LogP contribution in [0.5, 0.6) is 0 Å². The van der Waals surface area contributed by atoms with Gasteiger partial charge in [0.2, 0.25) is 0 Å². The topological polar surface area (TPSA) is 29.9 Å². The van der Waals surface area contributed by atoms with Crippen molar-refractivity contribution in [1.82, 2.24) is 14.9 Å². The molecule has 0 bridgehead atoms. The fraction of sp³-hybridized carbons (Fsp3) is 0.786. The summed E-state index contributed by atoms with van der Waals surface area (Å²) in [6.45, 7) is 6.40. The van der Waals surface area contributed by atoms with Gasteiger partial charge in [0.05, 0.1) is 6.54 Å². The summed E-state index contributed by atoms with van der Waals surface area (Å²) in [6.07, 6.45) is 11.0. The highest BCUT2D eigenvalue weighted by atomic mass is 15.1. The van der Waals surface area contributed by atoms with E-state index >= 15 is 0 Å². The maximum Gasteiger partial charge on any atom is 0.122 e. The molecular weight excluding hydrogens is 210 g/mol. The van der Waals surface area contributed by atoms with Crippen LogP contribution in [0.15, 0.2) is 12.4 Å². The zero-order valence-electron chi connectivity index (χ0n) is 11.2. The maximum absolute atomic E-state index is 4.40. The third-order valence-corrected chi connectivity index (χ3v) is 4.08. The number of hydrogen-bond acceptors (Lipinski definition) is 2. The average molecular weight is 235 g/mol. The minimum Gasteiger partial charge on any atom is -0.334 e. The molecule has 3 heteroatoms. The Morgan fingerprint density at radius 1 is 1.41 bits per heavy atom. The molecule has 2 rings (SSSR count). The number of nitrogens with zero attached hydrogens (tertiary/aromatic N) is 2. The molecule has 1 saturated carbocycles. The van der Waals surface area contributed by atoms with Crippen molar-refractivity contribution < 1.29 is 0 Å². The molecule has 0 amide bonds. The Kier molecular flexibility index (Phi) is 4.60. The van der Waals surface area contributed by atoms with E-state index in [1.54, 1.807) is 0 Å². The molecule has 0 aliphatic heterocycles. The normalized spacial score (nSPS) is 19.4. The molecule has 1 aliphatic rings. The Hall–Kier alpha value is -0.830. The van der Waals surface area contributed by atoms with E-state index in [9.17, 15) is 0 Å². The van der Waals surface area contributed by atoms with Crippen molar-refractivity contribution in [1.29, 1.82) is 0 Å². The molecule has 1 aromatic heterocycles. The third-order valence-electron chi connectivity index (χ3n) is 4.08. The van der Waals surface area contributed by atoms with Crippen LogP contribution in [0.2, 0.25) is 0 Å². The van der Waals surface area contributed by atoms with Gasteiger partial charge in [-0.1, -0.05) is 19.3 Å². The van der Waals surface area contributed by atoms with Gasteiger partial charge in [-0.3, -0.25) is 0 Å². The van der Waals surface area contributed by atoms with E-state index in [1.165, 1.54) is 32.1 Å². The first-order valence-electron chi connectivity index (χ1n) is 7.04. The van der Waals surface area contributed by atoms with Gasteiger partial charge in [0, 0.05) is 25.0 Å². The molecule has 96 valence electrons. The molecule has 0 aromatic carbocycles. The standard InChI is InChI=1S/C14H25N3/c1-3-17-10-9-15-14(17)11-16-12(2)13-7-5-4-6-8-13/h9-10,12-13,16H,3-8,11H2,1-2H3. The molecule has 0 spiro atoms. The van der Waals surface area contributed by atoms with Crippen LogP contribution >= 0.6 is 0 Å². The first kappa shape index (κ1) is 12.6. The summed E-state index contributed by atoms with van der Waals surface area (Å²) in [6, 6.07) is 0.623. The van der Waals surface area contributed by atoms with Gasteiger partial charge >= 0.3 is 0 Å². The molecule has 1 fully saturated rings. The van der Waals surface area contributed by atoms with Gasteiger partial charge in [-0.25, -0.2) is 4.98 Å². The molecule has 1 N–H and O–H groups in total. The Bertz CT molecular complexity index is 326. The number of imidazole rings is 1. The van der Waals surface area contributed by atoms with E-state index in [2.05, 4.69) is 34.9 Å². The molecule has 1 unspecified atom stereocenters. The summed E-state index contributed by atoms with van der Waals surface area (Å²) >= 11 is 0. The van der Waals surface area contributed by atoms with E-state index in [4.69, 9.17) is 0 Å². The second-order valence-corrected chi connectivity index (χ2v) is 5.20. The number of aryl methyl sites for hydroxylation is 1. The largest absolute Gasteiger partial charge is 0.334 e. The lowest BCUT2D eigenvalue weighted by Crippen LogP contribution is -2.34.